The number of nitrogens with zero attached hydrogens (tertiary/aromatic N) is 1. The molecule has 9 heteroatoms. The minimum atomic E-state index is -3.86. The van der Waals surface area contributed by atoms with Crippen LogP contribution in [-0.4, -0.2) is 41.2 Å². The molecule has 1 rings (SSSR count). The van der Waals surface area contributed by atoms with Gasteiger partial charge in [-0.15, -0.1) is 0 Å². The minimum Gasteiger partial charge on any atom is -0.348 e. The highest BCUT2D eigenvalue weighted by atomic mass is 35.7. The van der Waals surface area contributed by atoms with Crippen molar-refractivity contribution < 1.29 is 17.4 Å². The molecule has 1 aromatic heterocycles. The lowest BCUT2D eigenvalue weighted by Crippen LogP contribution is -2.34. The van der Waals surface area contributed by atoms with Crippen LogP contribution in [0.4, 0.5) is 0 Å². The molecule has 6 nitrogen and oxygen atoms in total. The molecule has 0 aliphatic carbocycles. The number of carbonyl (C=O) groups is 1. The predicted molar refractivity (Wildman–Crippen MR) is 78.9 cm³/mol. The van der Waals surface area contributed by atoms with Crippen molar-refractivity contribution in [3.05, 3.63) is 18.0 Å². The highest BCUT2D eigenvalue weighted by Gasteiger charge is 2.19. The Labute approximate surface area is 125 Å². The average Bonchev–Trinajstić information content (AvgIpc) is 2.68. The SMILES string of the molecule is CC(CCS(C)=O)NC(=O)c1cc(S(=O)(=O)Cl)cn1C. The van der Waals surface area contributed by atoms with Crippen LogP contribution < -0.4 is 5.32 Å². The van der Waals surface area contributed by atoms with Crippen LogP contribution in [0.2, 0.25) is 0 Å². The van der Waals surface area contributed by atoms with Gasteiger partial charge in [0.2, 0.25) is 0 Å². The Kier molecular flexibility index (Phi) is 5.79. The molecule has 1 aromatic rings. The molecule has 0 aromatic carbocycles. The second kappa shape index (κ2) is 6.73. The number of amides is 1. The maximum absolute atomic E-state index is 12.0. The zero-order chi connectivity index (χ0) is 15.5. The van der Waals surface area contributed by atoms with E-state index in [-0.39, 0.29) is 16.6 Å². The molecule has 2 unspecified atom stereocenters. The van der Waals surface area contributed by atoms with E-state index < -0.39 is 25.8 Å². The van der Waals surface area contributed by atoms with Crippen molar-refractivity contribution >= 4 is 36.4 Å². The molecule has 0 saturated heterocycles. The van der Waals surface area contributed by atoms with Gasteiger partial charge in [-0.25, -0.2) is 8.42 Å². The molecule has 0 spiro atoms. The lowest BCUT2D eigenvalue weighted by atomic mass is 10.2. The number of aryl methyl sites for hydroxylation is 1. The second-order valence-electron chi connectivity index (χ2n) is 4.55. The van der Waals surface area contributed by atoms with Crippen molar-refractivity contribution in [2.45, 2.75) is 24.3 Å². The molecular weight excluding hydrogens is 324 g/mol. The topological polar surface area (TPSA) is 85.2 Å². The monoisotopic (exact) mass is 340 g/mol. The first-order valence-corrected chi connectivity index (χ1v) is 9.87. The number of halogens is 1. The van der Waals surface area contributed by atoms with E-state index >= 15 is 0 Å². The Morgan fingerprint density at radius 2 is 2.15 bits per heavy atom. The van der Waals surface area contributed by atoms with Crippen molar-refractivity contribution in [3.63, 3.8) is 0 Å². The van der Waals surface area contributed by atoms with Crippen LogP contribution in [0.5, 0.6) is 0 Å². The predicted octanol–water partition coefficient (Wildman–Crippen LogP) is 0.839. The largest absolute Gasteiger partial charge is 0.348 e. The van der Waals surface area contributed by atoms with Gasteiger partial charge in [0.25, 0.3) is 15.0 Å². The fraction of sp³-hybridized carbons (Fsp3) is 0.545. The molecule has 0 fully saturated rings. The quantitative estimate of drug-likeness (QED) is 0.778. The van der Waals surface area contributed by atoms with E-state index in [0.29, 0.717) is 12.2 Å². The molecule has 0 bridgehead atoms. The number of rotatable bonds is 6. The number of hydrogen-bond acceptors (Lipinski definition) is 4. The van der Waals surface area contributed by atoms with Crippen LogP contribution in [0.3, 0.4) is 0 Å². The molecule has 0 aliphatic rings. The van der Waals surface area contributed by atoms with Crippen molar-refractivity contribution in [2.24, 2.45) is 7.05 Å². The normalized spacial score (nSPS) is 14.8. The third kappa shape index (κ3) is 4.92. The Balaban J connectivity index is 2.78. The molecule has 2 atom stereocenters. The van der Waals surface area contributed by atoms with E-state index in [9.17, 15) is 17.4 Å². The Morgan fingerprint density at radius 1 is 1.55 bits per heavy atom. The summed E-state index contributed by atoms with van der Waals surface area (Å²) in [6.07, 6.45) is 3.46. The first kappa shape index (κ1) is 17.2. The van der Waals surface area contributed by atoms with Gasteiger partial charge in [-0.05, 0) is 19.4 Å². The summed E-state index contributed by atoms with van der Waals surface area (Å²) >= 11 is 0. The fourth-order valence-electron chi connectivity index (χ4n) is 1.61. The Morgan fingerprint density at radius 3 is 2.60 bits per heavy atom. The van der Waals surface area contributed by atoms with Gasteiger partial charge in [-0.1, -0.05) is 0 Å². The summed E-state index contributed by atoms with van der Waals surface area (Å²) < 4.78 is 34.8. The van der Waals surface area contributed by atoms with E-state index in [4.69, 9.17) is 10.7 Å². The van der Waals surface area contributed by atoms with E-state index in [1.807, 2.05) is 0 Å². The van der Waals surface area contributed by atoms with Gasteiger partial charge in [0.05, 0.1) is 0 Å². The number of nitrogens with one attached hydrogen (secondary N) is 1. The molecule has 1 N–H and O–H groups in total. The lowest BCUT2D eigenvalue weighted by molar-refractivity contribution is 0.0931. The van der Waals surface area contributed by atoms with E-state index in [0.717, 1.165) is 0 Å². The lowest BCUT2D eigenvalue weighted by Gasteiger charge is -2.13. The van der Waals surface area contributed by atoms with Crippen LogP contribution in [0.15, 0.2) is 17.2 Å². The first-order valence-electron chi connectivity index (χ1n) is 5.83. The van der Waals surface area contributed by atoms with Crippen LogP contribution >= 0.6 is 10.7 Å². The van der Waals surface area contributed by atoms with Crippen LogP contribution in [0.1, 0.15) is 23.8 Å². The van der Waals surface area contributed by atoms with Crippen LogP contribution in [0, 0.1) is 0 Å². The molecule has 1 heterocycles. The summed E-state index contributed by atoms with van der Waals surface area (Å²) in [6, 6.07) is 1.07. The van der Waals surface area contributed by atoms with Crippen molar-refractivity contribution in [1.82, 2.24) is 9.88 Å². The fourth-order valence-corrected chi connectivity index (χ4v) is 3.08. The molecule has 0 saturated carbocycles. The van der Waals surface area contributed by atoms with Crippen molar-refractivity contribution in [2.75, 3.05) is 12.0 Å². The molecule has 0 aliphatic heterocycles. The highest BCUT2D eigenvalue weighted by molar-refractivity contribution is 8.13. The average molecular weight is 341 g/mol. The number of aromatic nitrogens is 1. The summed E-state index contributed by atoms with van der Waals surface area (Å²) in [5.41, 5.74) is 0.202. The second-order valence-corrected chi connectivity index (χ2v) is 8.67. The summed E-state index contributed by atoms with van der Waals surface area (Å²) in [5.74, 6) is 0.101. The van der Waals surface area contributed by atoms with E-state index in [1.54, 1.807) is 20.2 Å². The number of carbonyl (C=O) groups excluding carboxylic acids is 1. The van der Waals surface area contributed by atoms with Crippen LogP contribution in [-0.2, 0) is 26.9 Å². The van der Waals surface area contributed by atoms with Crippen molar-refractivity contribution in [3.8, 4) is 0 Å². The molecule has 0 radical (unpaired) electrons. The van der Waals surface area contributed by atoms with Gasteiger partial charge in [-0.3, -0.25) is 9.00 Å². The Bertz CT molecular complexity index is 624. The molecular formula is C11H17ClN2O4S2. The standard InChI is InChI=1S/C11H17ClN2O4S2/c1-8(4-5-19(3)16)13-11(15)10-6-9(7-14(10)2)20(12,17)18/h6-8H,4-5H2,1-3H3,(H,13,15). The third-order valence-electron chi connectivity index (χ3n) is 2.71. The Hall–Kier alpha value is -0.860. The maximum atomic E-state index is 12.0. The zero-order valence-corrected chi connectivity index (χ0v) is 13.8. The molecule has 1 amide bonds. The van der Waals surface area contributed by atoms with Crippen molar-refractivity contribution in [1.29, 1.82) is 0 Å². The van der Waals surface area contributed by atoms with Gasteiger partial charge < -0.3 is 9.88 Å². The minimum absolute atomic E-state index is 0.117. The zero-order valence-electron chi connectivity index (χ0n) is 11.4. The number of hydrogen-bond donors (Lipinski definition) is 1. The molecule has 20 heavy (non-hydrogen) atoms. The third-order valence-corrected chi connectivity index (χ3v) is 4.84. The molecule has 114 valence electrons. The van der Waals surface area contributed by atoms with Gasteiger partial charge in [0.15, 0.2) is 0 Å². The van der Waals surface area contributed by atoms with E-state index in [1.165, 1.54) is 16.8 Å². The summed E-state index contributed by atoms with van der Waals surface area (Å²) in [6.45, 7) is 1.80. The summed E-state index contributed by atoms with van der Waals surface area (Å²) in [5, 5.41) is 2.73. The van der Waals surface area contributed by atoms with Gasteiger partial charge in [0.1, 0.15) is 10.6 Å². The smallest absolute Gasteiger partial charge is 0.268 e. The first-order chi connectivity index (χ1) is 9.11. The summed E-state index contributed by atoms with van der Waals surface area (Å²) in [4.78, 5) is 11.9. The van der Waals surface area contributed by atoms with E-state index in [2.05, 4.69) is 5.32 Å². The highest BCUT2D eigenvalue weighted by Crippen LogP contribution is 2.17. The summed E-state index contributed by atoms with van der Waals surface area (Å²) in [7, 11) is 2.03. The van der Waals surface area contributed by atoms with Crippen LogP contribution in [0.25, 0.3) is 0 Å². The van der Waals surface area contributed by atoms with Gasteiger partial charge in [-0.2, -0.15) is 0 Å². The van der Waals surface area contributed by atoms with Gasteiger partial charge >= 0.3 is 0 Å². The van der Waals surface area contributed by atoms with Gasteiger partial charge in [0, 0.05) is 52.8 Å². The maximum Gasteiger partial charge on any atom is 0.268 e.